The van der Waals surface area contributed by atoms with Crippen LogP contribution in [0.25, 0.3) is 22.0 Å². The molecule has 0 fully saturated rings. The summed E-state index contributed by atoms with van der Waals surface area (Å²) in [6.07, 6.45) is 4.89. The molecule has 5 heteroatoms. The minimum Gasteiger partial charge on any atom is -0.355 e. The summed E-state index contributed by atoms with van der Waals surface area (Å²) >= 11 is 0. The van der Waals surface area contributed by atoms with Crippen molar-refractivity contribution in [2.24, 2.45) is 0 Å². The number of benzene rings is 1. The Bertz CT molecular complexity index is 984. The molecule has 5 nitrogen and oxygen atoms in total. The highest BCUT2D eigenvalue weighted by atomic mass is 16.5. The molecule has 0 saturated carbocycles. The second kappa shape index (κ2) is 4.40. The third kappa shape index (κ3) is 1.62. The fraction of sp³-hybridized carbons (Fsp3) is 0.235. The average molecular weight is 290 g/mol. The third-order valence-electron chi connectivity index (χ3n) is 4.35. The Hall–Kier alpha value is -2.69. The van der Waals surface area contributed by atoms with Crippen LogP contribution in [0.2, 0.25) is 0 Å². The lowest BCUT2D eigenvalue weighted by Crippen LogP contribution is -2.06. The smallest absolute Gasteiger partial charge is 0.181 e. The largest absolute Gasteiger partial charge is 0.355 e. The van der Waals surface area contributed by atoms with Crippen LogP contribution in [0.4, 0.5) is 0 Å². The molecule has 3 aromatic heterocycles. The summed E-state index contributed by atoms with van der Waals surface area (Å²) in [5.74, 6) is 0. The van der Waals surface area contributed by atoms with E-state index < -0.39 is 0 Å². The minimum absolute atomic E-state index is 0.712. The van der Waals surface area contributed by atoms with Gasteiger partial charge in [-0.05, 0) is 24.8 Å². The van der Waals surface area contributed by atoms with E-state index >= 15 is 0 Å². The molecule has 1 aromatic carbocycles. The number of hydrogen-bond donors (Lipinski definition) is 0. The van der Waals surface area contributed by atoms with Crippen LogP contribution in [0, 0.1) is 0 Å². The van der Waals surface area contributed by atoms with Crippen molar-refractivity contribution in [2.75, 3.05) is 0 Å². The van der Waals surface area contributed by atoms with Gasteiger partial charge in [0.2, 0.25) is 0 Å². The van der Waals surface area contributed by atoms with Gasteiger partial charge in [-0.3, -0.25) is 0 Å². The van der Waals surface area contributed by atoms with Gasteiger partial charge in [-0.2, -0.15) is 5.10 Å². The molecule has 0 atom stereocenters. The Morgan fingerprint density at radius 1 is 1.09 bits per heavy atom. The number of aromatic nitrogens is 4. The number of rotatable bonds is 2. The SMILES string of the molecule is c1ccc(Cn2ncc3c4onc5c4c(nc32)CCC5)cc1. The first kappa shape index (κ1) is 11.9. The van der Waals surface area contributed by atoms with Gasteiger partial charge in [0.05, 0.1) is 34.9 Å². The van der Waals surface area contributed by atoms with E-state index in [2.05, 4.69) is 22.4 Å². The molecule has 0 spiro atoms. The molecule has 0 radical (unpaired) electrons. The van der Waals surface area contributed by atoms with Crippen LogP contribution in [-0.4, -0.2) is 19.9 Å². The summed E-state index contributed by atoms with van der Waals surface area (Å²) < 4.78 is 7.54. The van der Waals surface area contributed by atoms with Crippen LogP contribution in [-0.2, 0) is 19.4 Å². The monoisotopic (exact) mass is 290 g/mol. The summed E-state index contributed by atoms with van der Waals surface area (Å²) in [5.41, 5.74) is 5.08. The lowest BCUT2D eigenvalue weighted by Gasteiger charge is -2.10. The average Bonchev–Trinajstić information content (AvgIpc) is 3.15. The first-order valence-electron chi connectivity index (χ1n) is 7.57. The summed E-state index contributed by atoms with van der Waals surface area (Å²) in [5, 5.41) is 10.8. The van der Waals surface area contributed by atoms with Crippen molar-refractivity contribution in [3.05, 3.63) is 53.5 Å². The lowest BCUT2D eigenvalue weighted by molar-refractivity contribution is 0.447. The molecule has 0 unspecified atom stereocenters. The quantitative estimate of drug-likeness (QED) is 0.569. The van der Waals surface area contributed by atoms with E-state index in [0.717, 1.165) is 52.7 Å². The molecule has 1 aliphatic rings. The fourth-order valence-electron chi connectivity index (χ4n) is 3.29. The van der Waals surface area contributed by atoms with E-state index in [-0.39, 0.29) is 0 Å². The van der Waals surface area contributed by atoms with E-state index in [1.807, 2.05) is 29.1 Å². The van der Waals surface area contributed by atoms with E-state index in [0.29, 0.717) is 6.54 Å². The second-order valence-electron chi connectivity index (χ2n) is 5.77. The van der Waals surface area contributed by atoms with Crippen LogP contribution in [0.3, 0.4) is 0 Å². The minimum atomic E-state index is 0.712. The predicted molar refractivity (Wildman–Crippen MR) is 82.7 cm³/mol. The molecule has 0 amide bonds. The van der Waals surface area contributed by atoms with Gasteiger partial charge < -0.3 is 4.52 Å². The Morgan fingerprint density at radius 3 is 2.86 bits per heavy atom. The van der Waals surface area contributed by atoms with Gasteiger partial charge in [-0.25, -0.2) is 9.67 Å². The molecule has 0 aliphatic heterocycles. The summed E-state index contributed by atoms with van der Waals surface area (Å²) in [6, 6.07) is 10.3. The Balaban J connectivity index is 1.73. The zero-order chi connectivity index (χ0) is 14.5. The van der Waals surface area contributed by atoms with Gasteiger partial charge in [0.15, 0.2) is 11.2 Å². The van der Waals surface area contributed by atoms with Gasteiger partial charge >= 0.3 is 0 Å². The topological polar surface area (TPSA) is 56.7 Å². The van der Waals surface area contributed by atoms with Gasteiger partial charge in [-0.15, -0.1) is 0 Å². The van der Waals surface area contributed by atoms with Crippen LogP contribution in [0.5, 0.6) is 0 Å². The van der Waals surface area contributed by atoms with E-state index in [1.54, 1.807) is 0 Å². The van der Waals surface area contributed by atoms with Gasteiger partial charge in [0, 0.05) is 0 Å². The van der Waals surface area contributed by atoms with E-state index in [1.165, 1.54) is 5.56 Å². The molecule has 108 valence electrons. The first-order chi connectivity index (χ1) is 10.9. The van der Waals surface area contributed by atoms with Gasteiger partial charge in [0.25, 0.3) is 0 Å². The first-order valence-corrected chi connectivity index (χ1v) is 7.57. The highest BCUT2D eigenvalue weighted by Crippen LogP contribution is 2.33. The van der Waals surface area contributed by atoms with Crippen LogP contribution in [0.1, 0.15) is 23.4 Å². The van der Waals surface area contributed by atoms with Crippen LogP contribution < -0.4 is 0 Å². The number of hydrogen-bond acceptors (Lipinski definition) is 4. The van der Waals surface area contributed by atoms with Crippen LogP contribution in [0.15, 0.2) is 41.1 Å². The molecule has 0 N–H and O–H groups in total. The predicted octanol–water partition coefficient (Wildman–Crippen LogP) is 3.11. The molecule has 5 rings (SSSR count). The molecule has 4 aromatic rings. The molecule has 0 bridgehead atoms. The van der Waals surface area contributed by atoms with Crippen molar-refractivity contribution >= 4 is 22.0 Å². The Kier molecular flexibility index (Phi) is 2.38. The third-order valence-corrected chi connectivity index (χ3v) is 4.35. The standard InChI is InChI=1S/C17H14N4O/c1-2-5-11(6-3-1)10-21-17-12(9-18-21)16-15-13(19-17)7-4-8-14(15)20-22-16/h1-3,5-6,9H,4,7-8,10H2. The molecular formula is C17H14N4O. The molecule has 3 heterocycles. The number of fused-ring (bicyclic) bond motifs is 2. The number of pyridine rings is 1. The maximum Gasteiger partial charge on any atom is 0.181 e. The van der Waals surface area contributed by atoms with E-state index in [4.69, 9.17) is 9.51 Å². The van der Waals surface area contributed by atoms with Crippen molar-refractivity contribution in [2.45, 2.75) is 25.8 Å². The van der Waals surface area contributed by atoms with Gasteiger partial charge in [-0.1, -0.05) is 35.5 Å². The highest BCUT2D eigenvalue weighted by Gasteiger charge is 2.22. The maximum atomic E-state index is 5.59. The zero-order valence-electron chi connectivity index (χ0n) is 12.0. The number of aryl methyl sites for hydroxylation is 2. The summed E-state index contributed by atoms with van der Waals surface area (Å²) in [4.78, 5) is 4.86. The summed E-state index contributed by atoms with van der Waals surface area (Å²) in [7, 11) is 0. The van der Waals surface area contributed by atoms with Crippen LogP contribution >= 0.6 is 0 Å². The van der Waals surface area contributed by atoms with E-state index in [9.17, 15) is 0 Å². The molecular weight excluding hydrogens is 276 g/mol. The zero-order valence-corrected chi connectivity index (χ0v) is 12.0. The van der Waals surface area contributed by atoms with Crippen molar-refractivity contribution in [1.82, 2.24) is 19.9 Å². The van der Waals surface area contributed by atoms with Crippen molar-refractivity contribution in [3.8, 4) is 0 Å². The number of nitrogens with zero attached hydrogens (tertiary/aromatic N) is 4. The molecule has 22 heavy (non-hydrogen) atoms. The second-order valence-corrected chi connectivity index (χ2v) is 5.77. The normalized spacial score (nSPS) is 14.0. The molecule has 1 aliphatic carbocycles. The van der Waals surface area contributed by atoms with Crippen molar-refractivity contribution < 1.29 is 4.52 Å². The van der Waals surface area contributed by atoms with Gasteiger partial charge in [0.1, 0.15) is 0 Å². The molecule has 0 saturated heterocycles. The van der Waals surface area contributed by atoms with Crippen molar-refractivity contribution in [1.29, 1.82) is 0 Å². The Labute approximate surface area is 126 Å². The highest BCUT2D eigenvalue weighted by molar-refractivity contribution is 6.03. The lowest BCUT2D eigenvalue weighted by atomic mass is 9.99. The van der Waals surface area contributed by atoms with Crippen molar-refractivity contribution in [3.63, 3.8) is 0 Å². The maximum absolute atomic E-state index is 5.59. The Morgan fingerprint density at radius 2 is 1.95 bits per heavy atom. The fourth-order valence-corrected chi connectivity index (χ4v) is 3.29. The summed E-state index contributed by atoms with van der Waals surface area (Å²) in [6.45, 7) is 0.712.